The molecule has 6 heteroatoms. The molecule has 0 unspecified atom stereocenters. The number of aromatic nitrogens is 3. The van der Waals surface area contributed by atoms with Crippen molar-refractivity contribution < 1.29 is 9.18 Å². The van der Waals surface area contributed by atoms with Crippen molar-refractivity contribution in [2.24, 2.45) is 0 Å². The molecule has 2 heterocycles. The van der Waals surface area contributed by atoms with E-state index < -0.39 is 11.7 Å². The quantitative estimate of drug-likeness (QED) is 0.616. The third-order valence-electron chi connectivity index (χ3n) is 4.07. The summed E-state index contributed by atoms with van der Waals surface area (Å²) in [5, 5.41) is 8.81. The Bertz CT molecular complexity index is 1100. The van der Waals surface area contributed by atoms with Crippen LogP contribution in [0.4, 0.5) is 10.2 Å². The fraction of sp³-hybridized carbons (Fsp3) is 0.105. The molecule has 0 aliphatic heterocycles. The first-order chi connectivity index (χ1) is 12.2. The van der Waals surface area contributed by atoms with Crippen molar-refractivity contribution >= 4 is 33.7 Å². The predicted molar refractivity (Wildman–Crippen MR) is 95.1 cm³/mol. The smallest absolute Gasteiger partial charge is 0.259 e. The van der Waals surface area contributed by atoms with Gasteiger partial charge < -0.3 is 5.32 Å². The highest BCUT2D eigenvalue weighted by atomic mass is 19.1. The zero-order valence-electron chi connectivity index (χ0n) is 13.5. The normalized spacial score (nSPS) is 11.1. The molecule has 124 valence electrons. The maximum absolute atomic E-state index is 13.8. The largest absolute Gasteiger partial charge is 0.304 e. The number of rotatable bonds is 3. The molecule has 25 heavy (non-hydrogen) atoms. The first-order valence-corrected chi connectivity index (χ1v) is 7.99. The van der Waals surface area contributed by atoms with Gasteiger partial charge in [0.1, 0.15) is 5.82 Å². The summed E-state index contributed by atoms with van der Waals surface area (Å²) in [6.07, 6.45) is 0. The van der Waals surface area contributed by atoms with Gasteiger partial charge in [-0.15, -0.1) is 0 Å². The standard InChI is InChI=1S/C19H15FN4O/c1-2-24-18-14(11-12-7-3-6-10-16(12)21-18)17(23-24)22-19(25)13-8-4-5-9-15(13)20/h3-11H,2H2,1H3,(H,22,23,25). The number of benzene rings is 2. The summed E-state index contributed by atoms with van der Waals surface area (Å²) in [6.45, 7) is 2.56. The molecule has 0 saturated carbocycles. The topological polar surface area (TPSA) is 59.8 Å². The number of nitrogens with one attached hydrogen (secondary N) is 1. The van der Waals surface area contributed by atoms with Gasteiger partial charge in [0.15, 0.2) is 11.5 Å². The van der Waals surface area contributed by atoms with Gasteiger partial charge in [-0.1, -0.05) is 30.3 Å². The van der Waals surface area contributed by atoms with Crippen LogP contribution in [0.2, 0.25) is 0 Å². The van der Waals surface area contributed by atoms with Crippen LogP contribution in [0.5, 0.6) is 0 Å². The summed E-state index contributed by atoms with van der Waals surface area (Å²) in [7, 11) is 0. The average Bonchev–Trinajstić information content (AvgIpc) is 2.97. The van der Waals surface area contributed by atoms with Crippen molar-refractivity contribution in [2.45, 2.75) is 13.5 Å². The van der Waals surface area contributed by atoms with E-state index in [2.05, 4.69) is 15.4 Å². The number of hydrogen-bond donors (Lipinski definition) is 1. The van der Waals surface area contributed by atoms with Gasteiger partial charge in [-0.05, 0) is 31.2 Å². The lowest BCUT2D eigenvalue weighted by atomic mass is 10.1. The van der Waals surface area contributed by atoms with Crippen LogP contribution in [-0.4, -0.2) is 20.7 Å². The molecule has 1 amide bonds. The van der Waals surface area contributed by atoms with Crippen molar-refractivity contribution in [1.82, 2.24) is 14.8 Å². The average molecular weight is 334 g/mol. The van der Waals surface area contributed by atoms with E-state index >= 15 is 0 Å². The van der Waals surface area contributed by atoms with E-state index in [1.165, 1.54) is 12.1 Å². The zero-order valence-corrected chi connectivity index (χ0v) is 13.5. The summed E-state index contributed by atoms with van der Waals surface area (Å²) in [6, 6.07) is 15.5. The number of carbonyl (C=O) groups is 1. The highest BCUT2D eigenvalue weighted by Crippen LogP contribution is 2.26. The van der Waals surface area contributed by atoms with Gasteiger partial charge >= 0.3 is 0 Å². The SMILES string of the molecule is CCn1nc(NC(=O)c2ccccc2F)c2cc3ccccc3nc21. The van der Waals surface area contributed by atoms with Crippen LogP contribution in [0.1, 0.15) is 17.3 Å². The molecule has 2 aromatic heterocycles. The van der Waals surface area contributed by atoms with E-state index in [1.54, 1.807) is 16.8 Å². The van der Waals surface area contributed by atoms with Crippen LogP contribution in [0.3, 0.4) is 0 Å². The van der Waals surface area contributed by atoms with Crippen molar-refractivity contribution in [2.75, 3.05) is 5.32 Å². The fourth-order valence-electron chi connectivity index (χ4n) is 2.83. The van der Waals surface area contributed by atoms with Crippen LogP contribution >= 0.6 is 0 Å². The Morgan fingerprint density at radius 3 is 2.72 bits per heavy atom. The molecule has 0 aliphatic rings. The van der Waals surface area contributed by atoms with E-state index in [-0.39, 0.29) is 5.56 Å². The van der Waals surface area contributed by atoms with Crippen molar-refractivity contribution in [3.63, 3.8) is 0 Å². The molecule has 5 nitrogen and oxygen atoms in total. The molecule has 1 N–H and O–H groups in total. The van der Waals surface area contributed by atoms with E-state index in [4.69, 9.17) is 0 Å². The lowest BCUT2D eigenvalue weighted by molar-refractivity contribution is 0.102. The summed E-state index contributed by atoms with van der Waals surface area (Å²) >= 11 is 0. The summed E-state index contributed by atoms with van der Waals surface area (Å²) in [4.78, 5) is 17.1. The van der Waals surface area contributed by atoms with E-state index in [0.717, 1.165) is 16.3 Å². The van der Waals surface area contributed by atoms with Crippen LogP contribution in [0.15, 0.2) is 54.6 Å². The van der Waals surface area contributed by atoms with Gasteiger partial charge in [0.2, 0.25) is 0 Å². The Labute approximate surface area is 143 Å². The molecule has 0 fully saturated rings. The third-order valence-corrected chi connectivity index (χ3v) is 4.07. The van der Waals surface area contributed by atoms with Gasteiger partial charge in [-0.3, -0.25) is 4.79 Å². The predicted octanol–water partition coefficient (Wildman–Crippen LogP) is 4.00. The number of pyridine rings is 1. The second kappa shape index (κ2) is 5.98. The number of nitrogens with zero attached hydrogens (tertiary/aromatic N) is 3. The van der Waals surface area contributed by atoms with E-state index in [9.17, 15) is 9.18 Å². The second-order valence-corrected chi connectivity index (χ2v) is 5.65. The van der Waals surface area contributed by atoms with Gasteiger partial charge in [0.05, 0.1) is 16.5 Å². The lowest BCUT2D eigenvalue weighted by Crippen LogP contribution is -2.14. The summed E-state index contributed by atoms with van der Waals surface area (Å²) < 4.78 is 15.6. The summed E-state index contributed by atoms with van der Waals surface area (Å²) in [5.41, 5.74) is 1.53. The van der Waals surface area contributed by atoms with Crippen molar-refractivity contribution in [3.05, 3.63) is 66.0 Å². The number of para-hydroxylation sites is 1. The number of anilines is 1. The van der Waals surface area contributed by atoms with Gasteiger partial charge in [0.25, 0.3) is 5.91 Å². The number of aryl methyl sites for hydroxylation is 1. The Balaban J connectivity index is 1.83. The van der Waals surface area contributed by atoms with Crippen LogP contribution < -0.4 is 5.32 Å². The van der Waals surface area contributed by atoms with E-state index in [0.29, 0.717) is 18.0 Å². The Morgan fingerprint density at radius 1 is 1.16 bits per heavy atom. The highest BCUT2D eigenvalue weighted by molar-refractivity contribution is 6.08. The van der Waals surface area contributed by atoms with Gasteiger partial charge in [-0.2, -0.15) is 5.10 Å². The third kappa shape index (κ3) is 2.61. The number of carbonyl (C=O) groups excluding carboxylic acids is 1. The number of amides is 1. The van der Waals surface area contributed by atoms with Crippen molar-refractivity contribution in [1.29, 1.82) is 0 Å². The molecular weight excluding hydrogens is 319 g/mol. The molecule has 0 radical (unpaired) electrons. The lowest BCUT2D eigenvalue weighted by Gasteiger charge is -2.04. The molecule has 0 spiro atoms. The highest BCUT2D eigenvalue weighted by Gasteiger charge is 2.17. The molecule has 2 aromatic carbocycles. The first-order valence-electron chi connectivity index (χ1n) is 7.99. The molecule has 4 rings (SSSR count). The second-order valence-electron chi connectivity index (χ2n) is 5.65. The monoisotopic (exact) mass is 334 g/mol. The van der Waals surface area contributed by atoms with E-state index in [1.807, 2.05) is 37.3 Å². The zero-order chi connectivity index (χ0) is 17.4. The maximum atomic E-state index is 13.8. The minimum atomic E-state index is -0.567. The van der Waals surface area contributed by atoms with Crippen LogP contribution in [0.25, 0.3) is 21.9 Å². The molecular formula is C19H15FN4O. The number of hydrogen-bond acceptors (Lipinski definition) is 3. The maximum Gasteiger partial charge on any atom is 0.259 e. The minimum Gasteiger partial charge on any atom is -0.304 e. The molecule has 0 aliphatic carbocycles. The van der Waals surface area contributed by atoms with Gasteiger partial charge in [-0.25, -0.2) is 14.1 Å². The first kappa shape index (κ1) is 15.3. The molecule has 0 saturated heterocycles. The molecule has 0 atom stereocenters. The van der Waals surface area contributed by atoms with Crippen LogP contribution in [-0.2, 0) is 6.54 Å². The molecule has 4 aromatic rings. The Hall–Kier alpha value is -3.28. The molecule has 0 bridgehead atoms. The Kier molecular flexibility index (Phi) is 3.65. The summed E-state index contributed by atoms with van der Waals surface area (Å²) in [5.74, 6) is -0.722. The van der Waals surface area contributed by atoms with Crippen LogP contribution in [0, 0.1) is 5.82 Å². The van der Waals surface area contributed by atoms with Crippen molar-refractivity contribution in [3.8, 4) is 0 Å². The minimum absolute atomic E-state index is 0.0181. The Morgan fingerprint density at radius 2 is 1.92 bits per heavy atom. The fourth-order valence-corrected chi connectivity index (χ4v) is 2.83. The number of fused-ring (bicyclic) bond motifs is 2. The number of halogens is 1. The van der Waals surface area contributed by atoms with Gasteiger partial charge in [0, 0.05) is 11.9 Å².